The van der Waals surface area contributed by atoms with Crippen LogP contribution in [0, 0.1) is 11.6 Å². The van der Waals surface area contributed by atoms with Crippen molar-refractivity contribution in [1.82, 2.24) is 14.9 Å². The summed E-state index contributed by atoms with van der Waals surface area (Å²) in [5.74, 6) is -0.476. The van der Waals surface area contributed by atoms with Crippen molar-refractivity contribution in [3.63, 3.8) is 0 Å². The summed E-state index contributed by atoms with van der Waals surface area (Å²) in [6.45, 7) is 4.16. The molecule has 10 nitrogen and oxygen atoms in total. The number of rotatable bonds is 8. The first-order valence-corrected chi connectivity index (χ1v) is 12.1. The summed E-state index contributed by atoms with van der Waals surface area (Å²) in [5, 5.41) is 0.328. The van der Waals surface area contributed by atoms with Gasteiger partial charge in [0, 0.05) is 50.5 Å². The first-order chi connectivity index (χ1) is 17.7. The Morgan fingerprint density at radius 1 is 1.16 bits per heavy atom. The molecule has 1 saturated heterocycles. The number of hydrogen-bond acceptors (Lipinski definition) is 8. The molecule has 1 aliphatic heterocycles. The molecule has 0 spiro atoms. The lowest BCUT2D eigenvalue weighted by atomic mass is 10.1. The fourth-order valence-corrected chi connectivity index (χ4v) is 4.48. The molecule has 0 aliphatic carbocycles. The maximum atomic E-state index is 15.1. The Morgan fingerprint density at radius 3 is 2.54 bits per heavy atom. The molecule has 3 heterocycles. The summed E-state index contributed by atoms with van der Waals surface area (Å²) in [7, 11) is 2.76. The molecular weight excluding hydrogens is 484 g/mol. The molecule has 2 aromatic heterocycles. The van der Waals surface area contributed by atoms with E-state index in [1.165, 1.54) is 26.5 Å². The first kappa shape index (κ1) is 26.3. The Hall–Kier alpha value is -3.80. The molecule has 0 bridgehead atoms. The molecule has 4 N–H and O–H groups in total. The number of nitrogens with zero attached hydrogens (tertiary/aromatic N) is 5. The quantitative estimate of drug-likeness (QED) is 0.431. The van der Waals surface area contributed by atoms with E-state index in [1.54, 1.807) is 21.6 Å². The lowest BCUT2D eigenvalue weighted by Gasteiger charge is -2.35. The van der Waals surface area contributed by atoms with E-state index in [4.69, 9.17) is 20.9 Å². The van der Waals surface area contributed by atoms with Gasteiger partial charge >= 0.3 is 0 Å². The number of pyridine rings is 1. The minimum atomic E-state index is -0.678. The smallest absolute Gasteiger partial charge is 0.228 e. The van der Waals surface area contributed by atoms with Gasteiger partial charge in [-0.2, -0.15) is 9.55 Å². The Bertz CT molecular complexity index is 1300. The van der Waals surface area contributed by atoms with E-state index in [-0.39, 0.29) is 53.0 Å². The second-order valence-electron chi connectivity index (χ2n) is 9.07. The van der Waals surface area contributed by atoms with E-state index in [0.29, 0.717) is 44.5 Å². The summed E-state index contributed by atoms with van der Waals surface area (Å²) in [4.78, 5) is 25.3. The number of nitrogens with two attached hydrogens (primary N) is 2. The van der Waals surface area contributed by atoms with Gasteiger partial charge in [0.15, 0.2) is 35.4 Å². The van der Waals surface area contributed by atoms with E-state index in [0.717, 1.165) is 5.69 Å². The van der Waals surface area contributed by atoms with E-state index in [9.17, 15) is 9.18 Å². The van der Waals surface area contributed by atoms with Gasteiger partial charge in [-0.1, -0.05) is 0 Å². The van der Waals surface area contributed by atoms with E-state index in [2.05, 4.69) is 9.97 Å². The minimum absolute atomic E-state index is 0.00172. The largest absolute Gasteiger partial charge is 0.493 e. The van der Waals surface area contributed by atoms with E-state index in [1.807, 2.05) is 11.8 Å². The van der Waals surface area contributed by atoms with Crippen molar-refractivity contribution in [2.45, 2.75) is 32.4 Å². The van der Waals surface area contributed by atoms with Crippen LogP contribution >= 0.6 is 0 Å². The van der Waals surface area contributed by atoms with Gasteiger partial charge in [0.05, 0.1) is 20.3 Å². The fourth-order valence-electron chi connectivity index (χ4n) is 4.48. The van der Waals surface area contributed by atoms with Gasteiger partial charge in [0.25, 0.3) is 0 Å². The van der Waals surface area contributed by atoms with Gasteiger partial charge in [-0.3, -0.25) is 4.79 Å². The lowest BCUT2D eigenvalue weighted by molar-refractivity contribution is -0.706. The second kappa shape index (κ2) is 11.1. The number of piperazine rings is 1. The molecular formula is C25H32F2N7O3+. The molecule has 198 valence electrons. The molecule has 1 amide bonds. The number of benzene rings is 1. The standard InChI is InChI=1S/C25H32F2N7O3/c1-15(28)13-34-14-16(26)4-5-17(34)6-7-20(35)32-8-10-33(11-9-32)25-30-22-18(24(29)31-25)12-19(36-2)23(37-3)21(22)27/h4-5,12,14-15H,6-11,13,28H2,1-3H3,(H2,29,30,31)/q+1. The van der Waals surface area contributed by atoms with Crippen molar-refractivity contribution in [2.75, 3.05) is 51.0 Å². The molecule has 12 heteroatoms. The molecule has 3 aromatic rings. The Labute approximate surface area is 213 Å². The summed E-state index contributed by atoms with van der Waals surface area (Å²) in [5.41, 5.74) is 12.9. The van der Waals surface area contributed by atoms with Gasteiger partial charge in [-0.15, -0.1) is 0 Å². The first-order valence-electron chi connectivity index (χ1n) is 12.1. The third-order valence-electron chi connectivity index (χ3n) is 6.37. The molecule has 1 fully saturated rings. The van der Waals surface area contributed by atoms with Gasteiger partial charge in [-0.25, -0.2) is 13.8 Å². The fraction of sp³-hybridized carbons (Fsp3) is 0.440. The number of anilines is 2. The number of ether oxygens (including phenoxy) is 2. The van der Waals surface area contributed by atoms with Gasteiger partial charge < -0.3 is 30.7 Å². The third-order valence-corrected chi connectivity index (χ3v) is 6.37. The molecule has 1 unspecified atom stereocenters. The molecule has 37 heavy (non-hydrogen) atoms. The van der Waals surface area contributed by atoms with Crippen LogP contribution in [0.15, 0.2) is 24.4 Å². The molecule has 0 radical (unpaired) electrons. The number of methoxy groups -OCH3 is 2. The van der Waals surface area contributed by atoms with Gasteiger partial charge in [0.1, 0.15) is 11.3 Å². The second-order valence-corrected chi connectivity index (χ2v) is 9.07. The molecule has 1 aliphatic rings. The number of carbonyl (C=O) groups is 1. The van der Waals surface area contributed by atoms with E-state index < -0.39 is 5.82 Å². The van der Waals surface area contributed by atoms with Crippen molar-refractivity contribution in [3.05, 3.63) is 41.7 Å². The third kappa shape index (κ3) is 5.63. The highest BCUT2D eigenvalue weighted by atomic mass is 19.1. The highest BCUT2D eigenvalue weighted by Gasteiger charge is 2.26. The Morgan fingerprint density at radius 2 is 1.89 bits per heavy atom. The zero-order chi connectivity index (χ0) is 26.7. The molecule has 1 atom stereocenters. The molecule has 4 rings (SSSR count). The Balaban J connectivity index is 1.42. The lowest BCUT2D eigenvalue weighted by Crippen LogP contribution is -2.49. The van der Waals surface area contributed by atoms with Crippen LogP contribution in [-0.4, -0.2) is 67.2 Å². The number of amides is 1. The van der Waals surface area contributed by atoms with Crippen molar-refractivity contribution < 1.29 is 27.6 Å². The summed E-state index contributed by atoms with van der Waals surface area (Å²) >= 11 is 0. The SMILES string of the molecule is COc1cc2c(N)nc(N3CCN(C(=O)CCc4ccc(F)c[n+]4CC(C)N)CC3)nc2c(F)c1OC. The summed E-state index contributed by atoms with van der Waals surface area (Å²) in [6, 6.07) is 4.48. The maximum absolute atomic E-state index is 15.1. The van der Waals surface area contributed by atoms with Crippen molar-refractivity contribution in [2.24, 2.45) is 5.73 Å². The molecule has 0 saturated carbocycles. The monoisotopic (exact) mass is 516 g/mol. The van der Waals surface area contributed by atoms with Crippen molar-refractivity contribution in [3.8, 4) is 11.5 Å². The summed E-state index contributed by atoms with van der Waals surface area (Å²) < 4.78 is 40.9. The van der Waals surface area contributed by atoms with Gasteiger partial charge in [-0.05, 0) is 19.1 Å². The predicted octanol–water partition coefficient (Wildman–Crippen LogP) is 1.42. The number of hydrogen-bond donors (Lipinski definition) is 2. The van der Waals surface area contributed by atoms with Crippen LogP contribution in [0.4, 0.5) is 20.5 Å². The highest BCUT2D eigenvalue weighted by molar-refractivity contribution is 5.92. The number of halogens is 2. The van der Waals surface area contributed by atoms with Crippen LogP contribution in [0.1, 0.15) is 19.0 Å². The number of aryl methyl sites for hydroxylation is 1. The van der Waals surface area contributed by atoms with Gasteiger partial charge in [0.2, 0.25) is 18.1 Å². The highest BCUT2D eigenvalue weighted by Crippen LogP contribution is 2.37. The van der Waals surface area contributed by atoms with E-state index >= 15 is 4.39 Å². The van der Waals surface area contributed by atoms with Crippen LogP contribution in [0.2, 0.25) is 0 Å². The average molecular weight is 517 g/mol. The maximum Gasteiger partial charge on any atom is 0.228 e. The summed E-state index contributed by atoms with van der Waals surface area (Å²) in [6.07, 6.45) is 2.17. The average Bonchev–Trinajstić information content (AvgIpc) is 2.88. The van der Waals surface area contributed by atoms with Crippen LogP contribution in [-0.2, 0) is 17.8 Å². The van der Waals surface area contributed by atoms with Crippen molar-refractivity contribution >= 4 is 28.6 Å². The predicted molar refractivity (Wildman–Crippen MR) is 134 cm³/mol. The number of fused-ring (bicyclic) bond motifs is 1. The Kier molecular flexibility index (Phi) is 7.86. The van der Waals surface area contributed by atoms with Crippen LogP contribution in [0.25, 0.3) is 10.9 Å². The van der Waals surface area contributed by atoms with Crippen LogP contribution in [0.3, 0.4) is 0 Å². The number of aromatic nitrogens is 3. The van der Waals surface area contributed by atoms with Crippen LogP contribution < -0.4 is 30.4 Å². The minimum Gasteiger partial charge on any atom is -0.493 e. The zero-order valence-electron chi connectivity index (χ0n) is 21.2. The van der Waals surface area contributed by atoms with Crippen LogP contribution in [0.5, 0.6) is 11.5 Å². The number of nitrogen functional groups attached to an aromatic ring is 1. The topological polar surface area (TPSA) is 124 Å². The normalized spacial score (nSPS) is 14.6. The zero-order valence-corrected chi connectivity index (χ0v) is 21.2. The number of carbonyl (C=O) groups excluding carboxylic acids is 1. The molecule has 1 aromatic carbocycles. The van der Waals surface area contributed by atoms with Crippen molar-refractivity contribution in [1.29, 1.82) is 0 Å².